The van der Waals surface area contributed by atoms with Gasteiger partial charge in [0.15, 0.2) is 5.96 Å². The molecule has 6 nitrogen and oxygen atoms in total. The van der Waals surface area contributed by atoms with E-state index >= 15 is 0 Å². The van der Waals surface area contributed by atoms with Crippen LogP contribution in [-0.2, 0) is 6.54 Å². The Labute approximate surface area is 153 Å². The van der Waals surface area contributed by atoms with Gasteiger partial charge >= 0.3 is 0 Å². The van der Waals surface area contributed by atoms with Gasteiger partial charge in [0.25, 0.3) is 0 Å². The van der Waals surface area contributed by atoms with Gasteiger partial charge < -0.3 is 20.5 Å². The summed E-state index contributed by atoms with van der Waals surface area (Å²) in [6.45, 7) is 2.40. The van der Waals surface area contributed by atoms with Gasteiger partial charge in [-0.05, 0) is 30.7 Å². The molecule has 1 aromatic heterocycles. The summed E-state index contributed by atoms with van der Waals surface area (Å²) in [7, 11) is 3.20. The number of benzene rings is 1. The minimum Gasteiger partial charge on any atom is -0.497 e. The van der Waals surface area contributed by atoms with Crippen LogP contribution in [0.5, 0.6) is 11.5 Å². The third-order valence-corrected chi connectivity index (χ3v) is 3.07. The van der Waals surface area contributed by atoms with Crippen molar-refractivity contribution >= 4 is 35.6 Å². The number of halogens is 1. The standard InChI is InChI=1S/C16H20N4O2.HI/c1-11-4-5-12(9-18-11)10-19-16(17)20-14-8-13(21-2)6-7-15(14)22-3;/h4-9H,10H2,1-3H3,(H3,17,19,20);1H. The Morgan fingerprint density at radius 1 is 1.22 bits per heavy atom. The Morgan fingerprint density at radius 2 is 2.00 bits per heavy atom. The average Bonchev–Trinajstić information content (AvgIpc) is 2.54. The number of aryl methyl sites for hydroxylation is 1. The number of guanidine groups is 1. The molecule has 0 saturated carbocycles. The predicted molar refractivity (Wildman–Crippen MR) is 103 cm³/mol. The van der Waals surface area contributed by atoms with Gasteiger partial charge in [-0.2, -0.15) is 0 Å². The minimum atomic E-state index is 0. The number of hydrogen-bond acceptors (Lipinski definition) is 4. The number of hydrogen-bond donors (Lipinski definition) is 2. The molecular weight excluding hydrogens is 407 g/mol. The van der Waals surface area contributed by atoms with E-state index in [0.717, 1.165) is 11.3 Å². The molecule has 0 fully saturated rings. The quantitative estimate of drug-likeness (QED) is 0.435. The number of nitrogens with one attached hydrogen (secondary N) is 1. The molecule has 0 bridgehead atoms. The molecule has 2 rings (SSSR count). The van der Waals surface area contributed by atoms with Crippen LogP contribution < -0.4 is 20.5 Å². The summed E-state index contributed by atoms with van der Waals surface area (Å²) in [5.74, 6) is 1.67. The van der Waals surface area contributed by atoms with Gasteiger partial charge in [-0.3, -0.25) is 4.98 Å². The largest absolute Gasteiger partial charge is 0.497 e. The maximum absolute atomic E-state index is 5.92. The van der Waals surface area contributed by atoms with Gasteiger partial charge in [0.2, 0.25) is 0 Å². The third kappa shape index (κ3) is 5.59. The van der Waals surface area contributed by atoms with Crippen LogP contribution in [0, 0.1) is 6.92 Å². The van der Waals surface area contributed by atoms with Crippen molar-refractivity contribution in [1.29, 1.82) is 0 Å². The summed E-state index contributed by atoms with van der Waals surface area (Å²) in [6, 6.07) is 9.34. The molecule has 1 aromatic carbocycles. The van der Waals surface area contributed by atoms with E-state index in [2.05, 4.69) is 15.3 Å². The number of pyridine rings is 1. The Bertz CT molecular complexity index is 660. The highest BCUT2D eigenvalue weighted by molar-refractivity contribution is 14.0. The molecule has 0 aliphatic heterocycles. The fourth-order valence-corrected chi connectivity index (χ4v) is 1.86. The average molecular weight is 428 g/mol. The molecule has 0 radical (unpaired) electrons. The third-order valence-electron chi connectivity index (χ3n) is 3.07. The van der Waals surface area contributed by atoms with Crippen LogP contribution >= 0.6 is 24.0 Å². The van der Waals surface area contributed by atoms with Crippen LogP contribution in [0.3, 0.4) is 0 Å². The highest BCUT2D eigenvalue weighted by atomic mass is 127. The lowest BCUT2D eigenvalue weighted by molar-refractivity contribution is 0.405. The topological polar surface area (TPSA) is 81.8 Å². The first-order valence-electron chi connectivity index (χ1n) is 6.83. The summed E-state index contributed by atoms with van der Waals surface area (Å²) < 4.78 is 10.5. The Hall–Kier alpha value is -2.03. The number of ether oxygens (including phenoxy) is 2. The van der Waals surface area contributed by atoms with Gasteiger partial charge in [-0.25, -0.2) is 4.99 Å². The fourth-order valence-electron chi connectivity index (χ4n) is 1.86. The predicted octanol–water partition coefficient (Wildman–Crippen LogP) is 2.95. The van der Waals surface area contributed by atoms with E-state index in [1.807, 2.05) is 25.1 Å². The van der Waals surface area contributed by atoms with Crippen molar-refractivity contribution in [3.63, 3.8) is 0 Å². The first kappa shape index (κ1) is 19.0. The molecule has 2 aromatic rings. The first-order chi connectivity index (χ1) is 10.6. The van der Waals surface area contributed by atoms with Crippen molar-refractivity contribution < 1.29 is 9.47 Å². The van der Waals surface area contributed by atoms with Crippen LogP contribution in [0.2, 0.25) is 0 Å². The molecular formula is C16H21IN4O2. The molecule has 0 saturated heterocycles. The number of aromatic nitrogens is 1. The Morgan fingerprint density at radius 3 is 2.61 bits per heavy atom. The molecule has 1 heterocycles. The molecule has 0 unspecified atom stereocenters. The molecule has 124 valence electrons. The number of rotatable bonds is 5. The second-order valence-corrected chi connectivity index (χ2v) is 4.70. The number of nitrogens with two attached hydrogens (primary N) is 1. The highest BCUT2D eigenvalue weighted by Crippen LogP contribution is 2.28. The number of aliphatic imine (C=N–C) groups is 1. The lowest BCUT2D eigenvalue weighted by Gasteiger charge is -2.12. The molecule has 0 spiro atoms. The maximum Gasteiger partial charge on any atom is 0.193 e. The SMILES string of the molecule is COc1ccc(OC)c(NC(N)=NCc2ccc(C)nc2)c1.I. The van der Waals surface area contributed by atoms with Crippen molar-refractivity contribution in [3.05, 3.63) is 47.8 Å². The zero-order valence-electron chi connectivity index (χ0n) is 13.4. The van der Waals surface area contributed by atoms with Crippen molar-refractivity contribution in [2.45, 2.75) is 13.5 Å². The van der Waals surface area contributed by atoms with Gasteiger partial charge in [0.05, 0.1) is 26.5 Å². The van der Waals surface area contributed by atoms with E-state index in [-0.39, 0.29) is 24.0 Å². The number of nitrogens with zero attached hydrogens (tertiary/aromatic N) is 2. The summed E-state index contributed by atoms with van der Waals surface area (Å²) in [5.41, 5.74) is 8.59. The summed E-state index contributed by atoms with van der Waals surface area (Å²) in [5, 5.41) is 3.02. The molecule has 0 aliphatic rings. The normalized spacial score (nSPS) is 10.7. The van der Waals surface area contributed by atoms with Crippen LogP contribution in [0.1, 0.15) is 11.3 Å². The van der Waals surface area contributed by atoms with E-state index in [9.17, 15) is 0 Å². The van der Waals surface area contributed by atoms with E-state index in [1.165, 1.54) is 0 Å². The Balaban J connectivity index is 0.00000264. The van der Waals surface area contributed by atoms with E-state index in [4.69, 9.17) is 15.2 Å². The maximum atomic E-state index is 5.92. The zero-order chi connectivity index (χ0) is 15.9. The monoisotopic (exact) mass is 428 g/mol. The summed E-state index contributed by atoms with van der Waals surface area (Å²) in [4.78, 5) is 8.52. The molecule has 0 atom stereocenters. The van der Waals surface area contributed by atoms with E-state index in [1.54, 1.807) is 32.5 Å². The van der Waals surface area contributed by atoms with Gasteiger partial charge in [0, 0.05) is 18.0 Å². The van der Waals surface area contributed by atoms with Crippen LogP contribution in [0.4, 0.5) is 5.69 Å². The van der Waals surface area contributed by atoms with Crippen molar-refractivity contribution in [1.82, 2.24) is 4.98 Å². The van der Waals surface area contributed by atoms with Crippen molar-refractivity contribution in [3.8, 4) is 11.5 Å². The smallest absolute Gasteiger partial charge is 0.193 e. The molecule has 23 heavy (non-hydrogen) atoms. The van der Waals surface area contributed by atoms with Crippen molar-refractivity contribution in [2.75, 3.05) is 19.5 Å². The first-order valence-corrected chi connectivity index (χ1v) is 6.83. The second-order valence-electron chi connectivity index (χ2n) is 4.70. The lowest BCUT2D eigenvalue weighted by atomic mass is 10.2. The molecule has 0 aliphatic carbocycles. The van der Waals surface area contributed by atoms with Gasteiger partial charge in [-0.1, -0.05) is 6.07 Å². The Kier molecular flexibility index (Phi) is 7.60. The van der Waals surface area contributed by atoms with E-state index < -0.39 is 0 Å². The van der Waals surface area contributed by atoms with Gasteiger partial charge in [0.1, 0.15) is 11.5 Å². The molecule has 3 N–H and O–H groups in total. The number of anilines is 1. The van der Waals surface area contributed by atoms with Crippen molar-refractivity contribution in [2.24, 2.45) is 10.7 Å². The zero-order valence-corrected chi connectivity index (χ0v) is 15.7. The summed E-state index contributed by atoms with van der Waals surface area (Å²) >= 11 is 0. The van der Waals surface area contributed by atoms with Gasteiger partial charge in [-0.15, -0.1) is 24.0 Å². The minimum absolute atomic E-state index is 0. The van der Waals surface area contributed by atoms with Crippen LogP contribution in [-0.4, -0.2) is 25.2 Å². The lowest BCUT2D eigenvalue weighted by Crippen LogP contribution is -2.23. The summed E-state index contributed by atoms with van der Waals surface area (Å²) in [6.07, 6.45) is 1.79. The van der Waals surface area contributed by atoms with E-state index in [0.29, 0.717) is 29.7 Å². The second kappa shape index (κ2) is 9.19. The highest BCUT2D eigenvalue weighted by Gasteiger charge is 2.06. The number of methoxy groups -OCH3 is 2. The van der Waals surface area contributed by atoms with Crippen LogP contribution in [0.25, 0.3) is 0 Å². The van der Waals surface area contributed by atoms with Crippen LogP contribution in [0.15, 0.2) is 41.5 Å². The molecule has 7 heteroatoms. The fraction of sp³-hybridized carbons (Fsp3) is 0.250. The molecule has 0 amide bonds.